The van der Waals surface area contributed by atoms with E-state index < -0.39 is 0 Å². The summed E-state index contributed by atoms with van der Waals surface area (Å²) < 4.78 is 4.45. The van der Waals surface area contributed by atoms with Gasteiger partial charge in [-0.3, -0.25) is 9.97 Å². The number of hydrogen-bond donors (Lipinski definition) is 0. The van der Waals surface area contributed by atoms with Crippen molar-refractivity contribution in [3.05, 3.63) is 84.3 Å². The molecule has 0 saturated carbocycles. The summed E-state index contributed by atoms with van der Waals surface area (Å²) in [6, 6.07) is 18.9. The van der Waals surface area contributed by atoms with Gasteiger partial charge in [-0.1, -0.05) is 64.1 Å². The Hall–Kier alpha value is -3.66. The van der Waals surface area contributed by atoms with E-state index in [1.165, 1.54) is 49.4 Å². The lowest BCUT2D eigenvalue weighted by Crippen LogP contribution is -1.88. The van der Waals surface area contributed by atoms with E-state index in [0.717, 1.165) is 5.52 Å². The first-order valence-electron chi connectivity index (χ1n) is 12.1. The van der Waals surface area contributed by atoms with Crippen LogP contribution >= 0.6 is 0 Å². The third-order valence-electron chi connectivity index (χ3n) is 6.00. The van der Waals surface area contributed by atoms with Crippen molar-refractivity contribution in [1.82, 2.24) is 19.1 Å². The quantitative estimate of drug-likeness (QED) is 0.233. The largest absolute Gasteiger partial charge is 0.343 e. The van der Waals surface area contributed by atoms with E-state index >= 15 is 0 Å². The van der Waals surface area contributed by atoms with E-state index in [0.29, 0.717) is 0 Å². The Labute approximate surface area is 202 Å². The number of hydrogen-bond acceptors (Lipinski definition) is 2. The molecule has 34 heavy (non-hydrogen) atoms. The van der Waals surface area contributed by atoms with E-state index in [-0.39, 0.29) is 0 Å². The van der Waals surface area contributed by atoms with Gasteiger partial charge in [0.1, 0.15) is 0 Å². The summed E-state index contributed by atoms with van der Waals surface area (Å²) >= 11 is 0. The van der Waals surface area contributed by atoms with Crippen molar-refractivity contribution in [2.45, 2.75) is 41.5 Å². The number of aromatic nitrogens is 4. The molecule has 0 aliphatic carbocycles. The minimum Gasteiger partial charge on any atom is -0.343 e. The molecule has 6 aromatic rings. The molecule has 4 nitrogen and oxygen atoms in total. The smallest absolute Gasteiger partial charge is 0.0959 e. The number of benzene rings is 2. The normalized spacial score (nSPS) is 10.4. The Morgan fingerprint density at radius 1 is 0.588 bits per heavy atom. The van der Waals surface area contributed by atoms with Gasteiger partial charge in [0, 0.05) is 48.8 Å². The third kappa shape index (κ3) is 4.28. The van der Waals surface area contributed by atoms with Crippen molar-refractivity contribution in [2.24, 2.45) is 14.1 Å². The van der Waals surface area contributed by atoms with Gasteiger partial charge in [0.2, 0.25) is 0 Å². The SMILES string of the molecule is CC.CC.Cc1cccc2c3cnccc3n(C)c12.Cc1cccc2c3ncccc3n(C)c12. The molecule has 0 unspecified atom stereocenters. The Kier molecular flexibility index (Phi) is 8.06. The molecule has 0 spiro atoms. The number of fused-ring (bicyclic) bond motifs is 6. The molecule has 6 rings (SSSR count). The highest BCUT2D eigenvalue weighted by Crippen LogP contribution is 2.29. The Morgan fingerprint density at radius 2 is 1.18 bits per heavy atom. The maximum atomic E-state index is 4.45. The maximum Gasteiger partial charge on any atom is 0.0959 e. The van der Waals surface area contributed by atoms with Gasteiger partial charge >= 0.3 is 0 Å². The summed E-state index contributed by atoms with van der Waals surface area (Å²) in [7, 11) is 4.21. The fourth-order valence-electron chi connectivity index (χ4n) is 4.62. The molecule has 0 radical (unpaired) electrons. The van der Waals surface area contributed by atoms with Crippen LogP contribution in [0, 0.1) is 13.8 Å². The van der Waals surface area contributed by atoms with Crippen LogP contribution in [0.1, 0.15) is 38.8 Å². The van der Waals surface area contributed by atoms with Crippen LogP contribution in [-0.2, 0) is 14.1 Å². The Morgan fingerprint density at radius 3 is 1.85 bits per heavy atom. The second-order valence-electron chi connectivity index (χ2n) is 7.82. The molecular formula is C30H36N4. The van der Waals surface area contributed by atoms with Crippen molar-refractivity contribution in [3.8, 4) is 0 Å². The van der Waals surface area contributed by atoms with Crippen molar-refractivity contribution >= 4 is 43.7 Å². The lowest BCUT2D eigenvalue weighted by atomic mass is 10.1. The second-order valence-corrected chi connectivity index (χ2v) is 7.82. The average molecular weight is 453 g/mol. The number of aryl methyl sites for hydroxylation is 4. The van der Waals surface area contributed by atoms with Gasteiger partial charge in [0.25, 0.3) is 0 Å². The van der Waals surface area contributed by atoms with Gasteiger partial charge < -0.3 is 9.13 Å². The van der Waals surface area contributed by atoms with E-state index in [1.54, 1.807) is 0 Å². The van der Waals surface area contributed by atoms with Crippen molar-refractivity contribution < 1.29 is 0 Å². The molecule has 0 amide bonds. The Bertz CT molecular complexity index is 1420. The van der Waals surface area contributed by atoms with Crippen LogP contribution < -0.4 is 0 Å². The van der Waals surface area contributed by atoms with Crippen LogP contribution in [0.2, 0.25) is 0 Å². The summed E-state index contributed by atoms with van der Waals surface area (Å²) in [5.41, 5.74) is 8.74. The topological polar surface area (TPSA) is 35.6 Å². The molecule has 0 atom stereocenters. The second kappa shape index (κ2) is 11.0. The number of rotatable bonds is 0. The average Bonchev–Trinajstić information content (AvgIpc) is 3.36. The summed E-state index contributed by atoms with van der Waals surface area (Å²) in [4.78, 5) is 8.64. The monoisotopic (exact) mass is 452 g/mol. The summed E-state index contributed by atoms with van der Waals surface area (Å²) in [6.07, 6.45) is 5.64. The molecule has 4 aromatic heterocycles. The van der Waals surface area contributed by atoms with E-state index in [4.69, 9.17) is 0 Å². The van der Waals surface area contributed by atoms with Crippen molar-refractivity contribution in [3.63, 3.8) is 0 Å². The molecule has 0 saturated heterocycles. The first kappa shape index (κ1) is 25.0. The maximum absolute atomic E-state index is 4.45. The molecular weight excluding hydrogens is 416 g/mol. The highest BCUT2D eigenvalue weighted by molar-refractivity contribution is 6.08. The van der Waals surface area contributed by atoms with Crippen LogP contribution in [0.25, 0.3) is 43.7 Å². The van der Waals surface area contributed by atoms with Gasteiger partial charge in [-0.2, -0.15) is 0 Å². The number of pyridine rings is 2. The van der Waals surface area contributed by atoms with Gasteiger partial charge in [-0.05, 0) is 43.2 Å². The van der Waals surface area contributed by atoms with Gasteiger partial charge in [-0.15, -0.1) is 0 Å². The molecule has 0 aliphatic heterocycles. The molecule has 0 N–H and O–H groups in total. The first-order chi connectivity index (χ1) is 16.6. The van der Waals surface area contributed by atoms with Crippen LogP contribution in [0.4, 0.5) is 0 Å². The highest BCUT2D eigenvalue weighted by atomic mass is 15.0. The first-order valence-corrected chi connectivity index (χ1v) is 12.1. The molecule has 0 fully saturated rings. The minimum atomic E-state index is 1.10. The third-order valence-corrected chi connectivity index (χ3v) is 6.00. The van der Waals surface area contributed by atoms with E-state index in [2.05, 4.69) is 95.6 Å². The van der Waals surface area contributed by atoms with Crippen LogP contribution in [0.5, 0.6) is 0 Å². The molecule has 4 heteroatoms. The van der Waals surface area contributed by atoms with Crippen molar-refractivity contribution in [1.29, 1.82) is 0 Å². The Balaban J connectivity index is 0.000000167. The fourth-order valence-corrected chi connectivity index (χ4v) is 4.62. The minimum absolute atomic E-state index is 1.10. The number of nitrogens with zero attached hydrogens (tertiary/aromatic N) is 4. The molecule has 0 aliphatic rings. The summed E-state index contributed by atoms with van der Waals surface area (Å²) in [5, 5.41) is 3.77. The van der Waals surface area contributed by atoms with Gasteiger partial charge in [0.15, 0.2) is 0 Å². The molecule has 176 valence electrons. The van der Waals surface area contributed by atoms with Crippen LogP contribution in [-0.4, -0.2) is 19.1 Å². The lowest BCUT2D eigenvalue weighted by Gasteiger charge is -2.00. The molecule has 4 heterocycles. The van der Waals surface area contributed by atoms with Gasteiger partial charge in [0.05, 0.1) is 27.6 Å². The zero-order valence-corrected chi connectivity index (χ0v) is 21.7. The van der Waals surface area contributed by atoms with E-state index in [9.17, 15) is 0 Å². The predicted molar refractivity (Wildman–Crippen MR) is 149 cm³/mol. The van der Waals surface area contributed by atoms with E-state index in [1.807, 2.05) is 52.4 Å². The van der Waals surface area contributed by atoms with Gasteiger partial charge in [-0.25, -0.2) is 0 Å². The zero-order chi connectivity index (χ0) is 24.8. The number of para-hydroxylation sites is 2. The molecule has 2 aromatic carbocycles. The lowest BCUT2D eigenvalue weighted by molar-refractivity contribution is 1.01. The fraction of sp³-hybridized carbons (Fsp3) is 0.267. The van der Waals surface area contributed by atoms with Crippen LogP contribution in [0.3, 0.4) is 0 Å². The predicted octanol–water partition coefficient (Wildman–Crippen LogP) is 8.12. The summed E-state index contributed by atoms with van der Waals surface area (Å²) in [5.74, 6) is 0. The van der Waals surface area contributed by atoms with Crippen molar-refractivity contribution in [2.75, 3.05) is 0 Å². The summed E-state index contributed by atoms with van der Waals surface area (Å²) in [6.45, 7) is 12.3. The zero-order valence-electron chi connectivity index (χ0n) is 21.7. The standard InChI is InChI=1S/2C13H12N2.2C2H6/c1-9-5-3-6-10-12-11(7-4-8-14-12)15(2)13(9)10;1-9-4-3-5-10-11-8-14-7-6-12(11)15(2)13(9)10;2*1-2/h2*3-8H,1-2H3;2*1-2H3. The highest BCUT2D eigenvalue weighted by Gasteiger charge is 2.10. The molecule has 0 bridgehead atoms. The van der Waals surface area contributed by atoms with Crippen LogP contribution in [0.15, 0.2) is 73.2 Å².